The summed E-state index contributed by atoms with van der Waals surface area (Å²) in [7, 11) is 0. The van der Waals surface area contributed by atoms with E-state index in [1.54, 1.807) is 0 Å². The van der Waals surface area contributed by atoms with Crippen LogP contribution >= 0.6 is 0 Å². The Bertz CT molecular complexity index is 513. The van der Waals surface area contributed by atoms with E-state index in [1.807, 2.05) is 19.1 Å². The summed E-state index contributed by atoms with van der Waals surface area (Å²) < 4.78 is 0. The Labute approximate surface area is 100 Å². The molecule has 2 N–H and O–H groups in total. The lowest BCUT2D eigenvalue weighted by Gasteiger charge is -2.26. The van der Waals surface area contributed by atoms with Crippen molar-refractivity contribution in [1.29, 1.82) is 0 Å². The number of aryl methyl sites for hydroxylation is 1. The summed E-state index contributed by atoms with van der Waals surface area (Å²) >= 11 is 0. The third-order valence-corrected chi connectivity index (χ3v) is 3.12. The Balaban J connectivity index is 1.80. The molecule has 0 atom stereocenters. The molecule has 3 rings (SSSR count). The fourth-order valence-electron chi connectivity index (χ4n) is 2.19. The fourth-order valence-corrected chi connectivity index (χ4v) is 2.19. The number of aromatic amines is 1. The molecule has 1 aliphatic rings. The zero-order valence-electron chi connectivity index (χ0n) is 10.0. The number of rotatable bonds is 2. The lowest BCUT2D eigenvalue weighted by molar-refractivity contribution is 0.229. The maximum Gasteiger partial charge on any atom is 0.177 e. The fraction of sp³-hybridized carbons (Fsp3) is 0.500. The average molecular weight is 231 g/mol. The summed E-state index contributed by atoms with van der Waals surface area (Å²) in [6.45, 7) is 7.18. The van der Waals surface area contributed by atoms with E-state index in [0.29, 0.717) is 0 Å². The molecule has 0 spiro atoms. The highest BCUT2D eigenvalue weighted by atomic mass is 15.2. The van der Waals surface area contributed by atoms with Crippen LogP contribution in [-0.2, 0) is 6.54 Å². The number of fused-ring (bicyclic) bond motifs is 1. The molecule has 1 saturated heterocycles. The van der Waals surface area contributed by atoms with Gasteiger partial charge in [-0.05, 0) is 19.1 Å². The summed E-state index contributed by atoms with van der Waals surface area (Å²) in [5.41, 5.74) is 2.87. The van der Waals surface area contributed by atoms with Crippen molar-refractivity contribution in [1.82, 2.24) is 25.2 Å². The summed E-state index contributed by atoms with van der Waals surface area (Å²) in [6, 6.07) is 4.06. The van der Waals surface area contributed by atoms with Crippen LogP contribution in [0.5, 0.6) is 0 Å². The average Bonchev–Trinajstić information content (AvgIpc) is 2.71. The van der Waals surface area contributed by atoms with Crippen LogP contribution in [0.2, 0.25) is 0 Å². The minimum absolute atomic E-state index is 0.829. The van der Waals surface area contributed by atoms with Crippen LogP contribution in [0.3, 0.4) is 0 Å². The van der Waals surface area contributed by atoms with E-state index in [9.17, 15) is 0 Å². The first kappa shape index (κ1) is 10.7. The van der Waals surface area contributed by atoms with Gasteiger partial charge >= 0.3 is 0 Å². The summed E-state index contributed by atoms with van der Waals surface area (Å²) in [5, 5.41) is 3.35. The van der Waals surface area contributed by atoms with Gasteiger partial charge in [0, 0.05) is 31.9 Å². The molecule has 0 unspecified atom stereocenters. The predicted molar refractivity (Wildman–Crippen MR) is 66.8 cm³/mol. The molecule has 0 aromatic carbocycles. The van der Waals surface area contributed by atoms with Crippen molar-refractivity contribution in [2.24, 2.45) is 0 Å². The molecular weight excluding hydrogens is 214 g/mol. The van der Waals surface area contributed by atoms with E-state index in [4.69, 9.17) is 0 Å². The van der Waals surface area contributed by atoms with Crippen molar-refractivity contribution in [3.05, 3.63) is 23.7 Å². The van der Waals surface area contributed by atoms with Crippen LogP contribution in [-0.4, -0.2) is 46.0 Å². The number of H-pyrrole nitrogens is 1. The first-order valence-corrected chi connectivity index (χ1v) is 6.06. The molecule has 5 heteroatoms. The molecule has 5 nitrogen and oxygen atoms in total. The number of piperazine rings is 1. The first-order chi connectivity index (χ1) is 8.31. The monoisotopic (exact) mass is 231 g/mol. The van der Waals surface area contributed by atoms with Crippen molar-refractivity contribution < 1.29 is 0 Å². The molecule has 0 bridgehead atoms. The van der Waals surface area contributed by atoms with Gasteiger partial charge in [-0.3, -0.25) is 4.90 Å². The van der Waals surface area contributed by atoms with Crippen LogP contribution in [0.1, 0.15) is 11.5 Å². The van der Waals surface area contributed by atoms with Crippen LogP contribution in [0.25, 0.3) is 11.2 Å². The SMILES string of the molecule is Cc1ccc2[nH]c(CN3CCNCC3)nc2n1. The molecule has 0 amide bonds. The molecule has 0 aliphatic carbocycles. The maximum atomic E-state index is 4.54. The highest BCUT2D eigenvalue weighted by Crippen LogP contribution is 2.11. The van der Waals surface area contributed by atoms with Gasteiger partial charge < -0.3 is 10.3 Å². The zero-order valence-corrected chi connectivity index (χ0v) is 10.0. The minimum atomic E-state index is 0.829. The van der Waals surface area contributed by atoms with Gasteiger partial charge in [0.25, 0.3) is 0 Å². The summed E-state index contributed by atoms with van der Waals surface area (Å²) in [6.07, 6.45) is 0. The number of hydrogen-bond acceptors (Lipinski definition) is 4. The van der Waals surface area contributed by atoms with E-state index in [1.165, 1.54) is 0 Å². The molecule has 17 heavy (non-hydrogen) atoms. The van der Waals surface area contributed by atoms with Crippen LogP contribution < -0.4 is 5.32 Å². The molecule has 0 radical (unpaired) electrons. The lowest BCUT2D eigenvalue weighted by atomic mass is 10.3. The topological polar surface area (TPSA) is 56.8 Å². The number of nitrogens with zero attached hydrogens (tertiary/aromatic N) is 3. The van der Waals surface area contributed by atoms with Gasteiger partial charge in [-0.1, -0.05) is 0 Å². The number of nitrogens with one attached hydrogen (secondary N) is 2. The molecule has 1 fully saturated rings. The molecule has 2 aromatic rings. The zero-order chi connectivity index (χ0) is 11.7. The number of hydrogen-bond donors (Lipinski definition) is 2. The highest BCUT2D eigenvalue weighted by Gasteiger charge is 2.12. The third-order valence-electron chi connectivity index (χ3n) is 3.12. The van der Waals surface area contributed by atoms with Gasteiger partial charge in [0.2, 0.25) is 0 Å². The summed E-state index contributed by atoms with van der Waals surface area (Å²) in [5.74, 6) is 1.01. The second kappa shape index (κ2) is 4.43. The standard InChI is InChI=1S/C12H17N5/c1-9-2-3-10-12(14-9)16-11(15-10)8-17-6-4-13-5-7-17/h2-3,13H,4-8H2,1H3,(H,14,15,16). The lowest BCUT2D eigenvalue weighted by Crippen LogP contribution is -2.43. The van der Waals surface area contributed by atoms with Gasteiger partial charge in [-0.15, -0.1) is 0 Å². The Kier molecular flexibility index (Phi) is 2.78. The number of pyridine rings is 1. The predicted octanol–water partition coefficient (Wildman–Crippen LogP) is 0.672. The molecule has 1 aliphatic heterocycles. The van der Waals surface area contributed by atoms with E-state index in [0.717, 1.165) is 55.4 Å². The molecule has 2 aromatic heterocycles. The van der Waals surface area contributed by atoms with Crippen molar-refractivity contribution in [3.8, 4) is 0 Å². The highest BCUT2D eigenvalue weighted by molar-refractivity contribution is 5.70. The maximum absolute atomic E-state index is 4.54. The van der Waals surface area contributed by atoms with Gasteiger partial charge in [-0.25, -0.2) is 9.97 Å². The number of aromatic nitrogens is 3. The van der Waals surface area contributed by atoms with Crippen molar-refractivity contribution >= 4 is 11.2 Å². The second-order valence-electron chi connectivity index (χ2n) is 4.53. The third kappa shape index (κ3) is 2.30. The first-order valence-electron chi connectivity index (χ1n) is 6.06. The molecule has 3 heterocycles. The second-order valence-corrected chi connectivity index (χ2v) is 4.53. The normalized spacial score (nSPS) is 17.7. The largest absolute Gasteiger partial charge is 0.340 e. The quantitative estimate of drug-likeness (QED) is 0.797. The van der Waals surface area contributed by atoms with E-state index >= 15 is 0 Å². The number of imidazole rings is 1. The van der Waals surface area contributed by atoms with E-state index in [-0.39, 0.29) is 0 Å². The van der Waals surface area contributed by atoms with Gasteiger partial charge in [0.05, 0.1) is 12.1 Å². The van der Waals surface area contributed by atoms with Gasteiger partial charge in [-0.2, -0.15) is 0 Å². The van der Waals surface area contributed by atoms with Crippen LogP contribution in [0.15, 0.2) is 12.1 Å². The minimum Gasteiger partial charge on any atom is -0.340 e. The Morgan fingerprint density at radius 3 is 2.88 bits per heavy atom. The molecule has 90 valence electrons. The van der Waals surface area contributed by atoms with Crippen molar-refractivity contribution in [2.45, 2.75) is 13.5 Å². The van der Waals surface area contributed by atoms with Crippen molar-refractivity contribution in [2.75, 3.05) is 26.2 Å². The van der Waals surface area contributed by atoms with E-state index in [2.05, 4.69) is 25.2 Å². The Morgan fingerprint density at radius 1 is 1.24 bits per heavy atom. The Hall–Kier alpha value is -1.46. The molecular formula is C12H17N5. The molecule has 0 saturated carbocycles. The smallest absolute Gasteiger partial charge is 0.177 e. The van der Waals surface area contributed by atoms with Crippen LogP contribution in [0, 0.1) is 6.92 Å². The van der Waals surface area contributed by atoms with Gasteiger partial charge in [0.15, 0.2) is 5.65 Å². The van der Waals surface area contributed by atoms with Crippen LogP contribution in [0.4, 0.5) is 0 Å². The van der Waals surface area contributed by atoms with Crippen molar-refractivity contribution in [3.63, 3.8) is 0 Å². The van der Waals surface area contributed by atoms with Gasteiger partial charge in [0.1, 0.15) is 5.82 Å². The van der Waals surface area contributed by atoms with E-state index < -0.39 is 0 Å². The summed E-state index contributed by atoms with van der Waals surface area (Å²) in [4.78, 5) is 14.7. The Morgan fingerprint density at radius 2 is 2.06 bits per heavy atom.